The second kappa shape index (κ2) is 7.37. The van der Waals surface area contributed by atoms with E-state index >= 15 is 0 Å². The second-order valence-corrected chi connectivity index (χ2v) is 7.08. The molecule has 1 aromatic carbocycles. The standard InChI is InChI=1S/C16H22ClNOS/c1-11-6-5-8-14(12(11)2)18-16(19)10-20-15-9-4-3-7-13(15)17/h3-4,7,9,11-12,14H,5-6,8,10H2,1-2H3,(H,18,19)/t11-,12+,14+/m0/s1. The zero-order chi connectivity index (χ0) is 14.5. The highest BCUT2D eigenvalue weighted by atomic mass is 35.5. The Kier molecular flexibility index (Phi) is 5.79. The van der Waals surface area contributed by atoms with Crippen LogP contribution in [0, 0.1) is 11.8 Å². The second-order valence-electron chi connectivity index (χ2n) is 5.66. The first-order chi connectivity index (χ1) is 9.58. The molecule has 0 saturated heterocycles. The van der Waals surface area contributed by atoms with Gasteiger partial charge in [0.2, 0.25) is 5.91 Å². The largest absolute Gasteiger partial charge is 0.352 e. The number of nitrogens with one attached hydrogen (secondary N) is 1. The monoisotopic (exact) mass is 311 g/mol. The fourth-order valence-corrected chi connectivity index (χ4v) is 3.79. The maximum atomic E-state index is 12.1. The summed E-state index contributed by atoms with van der Waals surface area (Å²) in [5.41, 5.74) is 0. The Morgan fingerprint density at radius 1 is 1.35 bits per heavy atom. The SMILES string of the molecule is C[C@@H]1[C@@H](C)CCC[C@H]1NC(=O)CSc1ccccc1Cl. The van der Waals surface area contributed by atoms with E-state index in [2.05, 4.69) is 19.2 Å². The number of halogens is 1. The summed E-state index contributed by atoms with van der Waals surface area (Å²) in [7, 11) is 0. The quantitative estimate of drug-likeness (QED) is 0.836. The van der Waals surface area contributed by atoms with Gasteiger partial charge in [-0.1, -0.05) is 50.4 Å². The summed E-state index contributed by atoms with van der Waals surface area (Å²) >= 11 is 7.59. The number of benzene rings is 1. The lowest BCUT2D eigenvalue weighted by molar-refractivity contribution is -0.119. The van der Waals surface area contributed by atoms with Crippen molar-refractivity contribution in [3.8, 4) is 0 Å². The fraction of sp³-hybridized carbons (Fsp3) is 0.562. The van der Waals surface area contributed by atoms with Crippen molar-refractivity contribution in [2.75, 3.05) is 5.75 Å². The van der Waals surface area contributed by atoms with Gasteiger partial charge in [-0.15, -0.1) is 11.8 Å². The van der Waals surface area contributed by atoms with Crippen molar-refractivity contribution in [3.63, 3.8) is 0 Å². The van der Waals surface area contributed by atoms with E-state index in [1.54, 1.807) is 0 Å². The van der Waals surface area contributed by atoms with E-state index in [0.29, 0.717) is 28.7 Å². The molecular formula is C16H22ClNOS. The average molecular weight is 312 g/mol. The van der Waals surface area contributed by atoms with Crippen LogP contribution in [0.4, 0.5) is 0 Å². The van der Waals surface area contributed by atoms with Crippen molar-refractivity contribution in [2.24, 2.45) is 11.8 Å². The van der Waals surface area contributed by atoms with Gasteiger partial charge in [-0.2, -0.15) is 0 Å². The van der Waals surface area contributed by atoms with E-state index < -0.39 is 0 Å². The van der Waals surface area contributed by atoms with Crippen molar-refractivity contribution in [1.29, 1.82) is 0 Å². The maximum absolute atomic E-state index is 12.1. The van der Waals surface area contributed by atoms with Gasteiger partial charge in [0.05, 0.1) is 10.8 Å². The molecule has 0 bridgehead atoms. The fourth-order valence-electron chi connectivity index (χ4n) is 2.74. The van der Waals surface area contributed by atoms with Crippen LogP contribution in [0.3, 0.4) is 0 Å². The molecule has 0 radical (unpaired) electrons. The number of amides is 1. The summed E-state index contributed by atoms with van der Waals surface area (Å²) in [6.07, 6.45) is 3.60. The molecule has 0 aliphatic heterocycles. The molecule has 1 N–H and O–H groups in total. The Bertz CT molecular complexity index is 466. The normalized spacial score (nSPS) is 26.2. The minimum absolute atomic E-state index is 0.112. The zero-order valence-electron chi connectivity index (χ0n) is 12.1. The molecule has 1 fully saturated rings. The molecule has 1 aromatic rings. The average Bonchev–Trinajstić information content (AvgIpc) is 2.43. The molecule has 2 rings (SSSR count). The summed E-state index contributed by atoms with van der Waals surface area (Å²) in [6.45, 7) is 4.53. The first-order valence-electron chi connectivity index (χ1n) is 7.24. The van der Waals surface area contributed by atoms with Crippen LogP contribution in [-0.2, 0) is 4.79 Å². The topological polar surface area (TPSA) is 29.1 Å². The zero-order valence-corrected chi connectivity index (χ0v) is 13.6. The van der Waals surface area contributed by atoms with Crippen molar-refractivity contribution in [3.05, 3.63) is 29.3 Å². The van der Waals surface area contributed by atoms with Crippen LogP contribution in [0.25, 0.3) is 0 Å². The minimum atomic E-state index is 0.112. The Labute approximate surface area is 130 Å². The van der Waals surface area contributed by atoms with Crippen LogP contribution < -0.4 is 5.32 Å². The van der Waals surface area contributed by atoms with E-state index in [1.165, 1.54) is 24.6 Å². The Hall–Kier alpha value is -0.670. The first kappa shape index (κ1) is 15.7. The van der Waals surface area contributed by atoms with Gasteiger partial charge in [-0.25, -0.2) is 0 Å². The Balaban J connectivity index is 1.82. The minimum Gasteiger partial charge on any atom is -0.352 e. The molecule has 0 spiro atoms. The van der Waals surface area contributed by atoms with Crippen LogP contribution in [-0.4, -0.2) is 17.7 Å². The van der Waals surface area contributed by atoms with Crippen molar-refractivity contribution in [2.45, 2.75) is 44.0 Å². The highest BCUT2D eigenvalue weighted by Crippen LogP contribution is 2.30. The van der Waals surface area contributed by atoms with Gasteiger partial charge in [-0.05, 0) is 30.4 Å². The molecule has 20 heavy (non-hydrogen) atoms. The van der Waals surface area contributed by atoms with Gasteiger partial charge < -0.3 is 5.32 Å². The van der Waals surface area contributed by atoms with E-state index in [4.69, 9.17) is 11.6 Å². The third kappa shape index (κ3) is 4.16. The van der Waals surface area contributed by atoms with Crippen molar-refractivity contribution >= 4 is 29.3 Å². The molecule has 0 unspecified atom stereocenters. The van der Waals surface area contributed by atoms with E-state index in [9.17, 15) is 4.79 Å². The third-order valence-corrected chi connectivity index (χ3v) is 5.76. The lowest BCUT2D eigenvalue weighted by atomic mass is 9.78. The smallest absolute Gasteiger partial charge is 0.230 e. The number of carbonyl (C=O) groups is 1. The summed E-state index contributed by atoms with van der Waals surface area (Å²) in [5.74, 6) is 1.81. The molecule has 1 aliphatic rings. The number of carbonyl (C=O) groups excluding carboxylic acids is 1. The summed E-state index contributed by atoms with van der Waals surface area (Å²) in [6, 6.07) is 7.98. The molecular weight excluding hydrogens is 290 g/mol. The van der Waals surface area contributed by atoms with Crippen molar-refractivity contribution < 1.29 is 4.79 Å². The van der Waals surface area contributed by atoms with Gasteiger partial charge in [0.15, 0.2) is 0 Å². The molecule has 1 amide bonds. The van der Waals surface area contributed by atoms with Crippen LogP contribution >= 0.6 is 23.4 Å². The molecule has 1 saturated carbocycles. The van der Waals surface area contributed by atoms with Gasteiger partial charge in [0.1, 0.15) is 0 Å². The molecule has 0 heterocycles. The van der Waals surface area contributed by atoms with Gasteiger partial charge in [0, 0.05) is 10.9 Å². The first-order valence-corrected chi connectivity index (χ1v) is 8.61. The van der Waals surface area contributed by atoms with Crippen LogP contribution in [0.15, 0.2) is 29.2 Å². The van der Waals surface area contributed by atoms with E-state index in [1.807, 2.05) is 24.3 Å². The summed E-state index contributed by atoms with van der Waals surface area (Å²) < 4.78 is 0. The molecule has 0 aromatic heterocycles. The molecule has 2 nitrogen and oxygen atoms in total. The molecule has 1 aliphatic carbocycles. The highest BCUT2D eigenvalue weighted by molar-refractivity contribution is 8.00. The van der Waals surface area contributed by atoms with Gasteiger partial charge in [-0.3, -0.25) is 4.79 Å². The Morgan fingerprint density at radius 2 is 2.10 bits per heavy atom. The van der Waals surface area contributed by atoms with Gasteiger partial charge in [0.25, 0.3) is 0 Å². The van der Waals surface area contributed by atoms with Crippen LogP contribution in [0.2, 0.25) is 5.02 Å². The number of thioether (sulfide) groups is 1. The third-order valence-electron chi connectivity index (χ3n) is 4.25. The number of hydrogen-bond donors (Lipinski definition) is 1. The molecule has 110 valence electrons. The van der Waals surface area contributed by atoms with Crippen LogP contribution in [0.1, 0.15) is 33.1 Å². The van der Waals surface area contributed by atoms with Crippen LogP contribution in [0.5, 0.6) is 0 Å². The number of rotatable bonds is 4. The molecule has 4 heteroatoms. The molecule has 3 atom stereocenters. The van der Waals surface area contributed by atoms with Crippen molar-refractivity contribution in [1.82, 2.24) is 5.32 Å². The predicted octanol–water partition coefficient (Wildman–Crippen LogP) is 4.37. The summed E-state index contributed by atoms with van der Waals surface area (Å²) in [5, 5.41) is 3.90. The van der Waals surface area contributed by atoms with E-state index in [0.717, 1.165) is 11.3 Å². The highest BCUT2D eigenvalue weighted by Gasteiger charge is 2.27. The predicted molar refractivity (Wildman–Crippen MR) is 86.3 cm³/mol. The maximum Gasteiger partial charge on any atom is 0.230 e. The number of hydrogen-bond acceptors (Lipinski definition) is 2. The summed E-state index contributed by atoms with van der Waals surface area (Å²) in [4.78, 5) is 13.0. The lowest BCUT2D eigenvalue weighted by Gasteiger charge is -2.34. The Morgan fingerprint density at radius 3 is 2.85 bits per heavy atom. The van der Waals surface area contributed by atoms with E-state index in [-0.39, 0.29) is 5.91 Å². The lowest BCUT2D eigenvalue weighted by Crippen LogP contribution is -2.44. The van der Waals surface area contributed by atoms with Gasteiger partial charge >= 0.3 is 0 Å².